The maximum atomic E-state index is 13.2. The Kier molecular flexibility index (Phi) is 10.3. The lowest BCUT2D eigenvalue weighted by Crippen LogP contribution is -2.28. The smallest absolute Gasteiger partial charge is 0.389 e. The van der Waals surface area contributed by atoms with Gasteiger partial charge in [0.1, 0.15) is 5.82 Å². The van der Waals surface area contributed by atoms with Crippen molar-refractivity contribution < 1.29 is 35.5 Å². The van der Waals surface area contributed by atoms with E-state index in [1.807, 2.05) is 6.07 Å². The molecule has 0 bridgehead atoms. The summed E-state index contributed by atoms with van der Waals surface area (Å²) in [5, 5.41) is 0. The Hall–Kier alpha value is -1.98. The molecule has 2 rings (SSSR count). The van der Waals surface area contributed by atoms with Gasteiger partial charge in [0.05, 0.1) is 18.0 Å². The van der Waals surface area contributed by atoms with Crippen LogP contribution >= 0.6 is 11.3 Å². The third-order valence-electron chi connectivity index (χ3n) is 4.93. The molecule has 0 radical (unpaired) electrons. The molecule has 1 aromatic carbocycles. The van der Waals surface area contributed by atoms with Gasteiger partial charge in [-0.3, -0.25) is 4.79 Å². The van der Waals surface area contributed by atoms with Crippen LogP contribution in [0, 0.1) is 5.82 Å². The van der Waals surface area contributed by atoms with Gasteiger partial charge in [-0.1, -0.05) is 12.8 Å². The first kappa shape index (κ1) is 27.3. The third-order valence-corrected chi connectivity index (χ3v) is 7.68. The molecule has 1 atom stereocenters. The second-order valence-corrected chi connectivity index (χ2v) is 10.5. The number of sulfonamides is 1. The van der Waals surface area contributed by atoms with Gasteiger partial charge in [-0.15, -0.1) is 11.3 Å². The van der Waals surface area contributed by atoms with Gasteiger partial charge in [0.15, 0.2) is 0 Å². The fourth-order valence-corrected chi connectivity index (χ4v) is 5.67. The van der Waals surface area contributed by atoms with Crippen LogP contribution in [0.15, 0.2) is 41.3 Å². The molecule has 0 aliphatic carbocycles. The van der Waals surface area contributed by atoms with Crippen molar-refractivity contribution in [1.29, 1.82) is 0 Å². The van der Waals surface area contributed by atoms with E-state index >= 15 is 0 Å². The number of carbonyl (C=O) groups excluding carboxylic acids is 1. The molecule has 2 aromatic rings. The molecule has 0 aliphatic rings. The van der Waals surface area contributed by atoms with E-state index in [-0.39, 0.29) is 23.7 Å². The number of hydrogen-bond acceptors (Lipinski definition) is 5. The number of benzene rings is 1. The first-order valence-electron chi connectivity index (χ1n) is 10.5. The molecule has 184 valence electrons. The number of rotatable bonds is 13. The summed E-state index contributed by atoms with van der Waals surface area (Å²) in [6.07, 6.45) is -2.61. The lowest BCUT2D eigenvalue weighted by molar-refractivity contribution is -0.140. The normalized spacial score (nSPS) is 13.1. The van der Waals surface area contributed by atoms with Gasteiger partial charge in [0.2, 0.25) is 10.0 Å². The van der Waals surface area contributed by atoms with Gasteiger partial charge in [0.25, 0.3) is 0 Å². The van der Waals surface area contributed by atoms with Crippen molar-refractivity contribution in [3.05, 3.63) is 52.0 Å². The highest BCUT2D eigenvalue weighted by Gasteiger charge is 2.26. The molecule has 5 nitrogen and oxygen atoms in total. The molecule has 0 fully saturated rings. The van der Waals surface area contributed by atoms with Gasteiger partial charge >= 0.3 is 12.1 Å². The van der Waals surface area contributed by atoms with E-state index in [0.717, 1.165) is 34.0 Å². The highest BCUT2D eigenvalue weighted by molar-refractivity contribution is 7.89. The van der Waals surface area contributed by atoms with Gasteiger partial charge in [0, 0.05) is 22.6 Å². The molecule has 11 heteroatoms. The lowest BCUT2D eigenvalue weighted by atomic mass is 10.1. The largest absolute Gasteiger partial charge is 0.469 e. The fraction of sp³-hybridized carbons (Fsp3) is 0.500. The minimum Gasteiger partial charge on any atom is -0.469 e. The van der Waals surface area contributed by atoms with Crippen molar-refractivity contribution in [1.82, 2.24) is 4.72 Å². The van der Waals surface area contributed by atoms with Gasteiger partial charge in [-0.25, -0.2) is 17.5 Å². The zero-order valence-electron chi connectivity index (χ0n) is 18.2. The van der Waals surface area contributed by atoms with E-state index < -0.39 is 34.5 Å². The van der Waals surface area contributed by atoms with Gasteiger partial charge in [-0.2, -0.15) is 13.2 Å². The first-order valence-corrected chi connectivity index (χ1v) is 12.8. The topological polar surface area (TPSA) is 72.5 Å². The standard InChI is InChI=1S/C22H27F4NO4S2/c1-31-21(28)8-5-6-17-11-14-20(32-17)19(7-3-2-4-15-22(24,25)26)27-33(29,30)18-12-9-16(23)10-13-18/h9-14,19,27H,2-8,15H2,1H3. The number of carbonyl (C=O) groups is 1. The van der Waals surface area contributed by atoms with Crippen molar-refractivity contribution in [2.45, 2.75) is 68.5 Å². The van der Waals surface area contributed by atoms with E-state index in [0.29, 0.717) is 32.1 Å². The third kappa shape index (κ3) is 9.81. The minimum absolute atomic E-state index is 0.0237. The lowest BCUT2D eigenvalue weighted by Gasteiger charge is -2.18. The van der Waals surface area contributed by atoms with Crippen LogP contribution in [0.1, 0.15) is 60.7 Å². The molecule has 1 heterocycles. The SMILES string of the molecule is COC(=O)CCCc1ccc(C(CCCCCC(F)(F)F)NS(=O)(=O)c2ccc(F)cc2)s1. The number of halogens is 4. The van der Waals surface area contributed by atoms with Crippen LogP contribution < -0.4 is 4.72 Å². The van der Waals surface area contributed by atoms with Crippen LogP contribution in [-0.2, 0) is 26.0 Å². The highest BCUT2D eigenvalue weighted by Crippen LogP contribution is 2.31. The summed E-state index contributed by atoms with van der Waals surface area (Å²) in [7, 11) is -2.65. The minimum atomic E-state index is -4.21. The average Bonchev–Trinajstić information content (AvgIpc) is 3.21. The summed E-state index contributed by atoms with van der Waals surface area (Å²) in [5.74, 6) is -0.874. The molecular formula is C22H27F4NO4S2. The van der Waals surface area contributed by atoms with Crippen LogP contribution in [0.3, 0.4) is 0 Å². The average molecular weight is 510 g/mol. The molecule has 1 N–H and O–H groups in total. The Labute approximate surface area is 195 Å². The Morgan fingerprint density at radius 2 is 1.76 bits per heavy atom. The monoisotopic (exact) mass is 509 g/mol. The first-order chi connectivity index (χ1) is 15.5. The maximum Gasteiger partial charge on any atom is 0.389 e. The van der Waals surface area contributed by atoms with Gasteiger partial charge < -0.3 is 4.74 Å². The van der Waals surface area contributed by atoms with Crippen molar-refractivity contribution >= 4 is 27.3 Å². The molecule has 0 aliphatic heterocycles. The summed E-state index contributed by atoms with van der Waals surface area (Å²) < 4.78 is 83.1. The molecule has 1 aromatic heterocycles. The molecular weight excluding hydrogens is 482 g/mol. The van der Waals surface area contributed by atoms with E-state index in [9.17, 15) is 30.8 Å². The molecule has 0 spiro atoms. The number of unbranched alkanes of at least 4 members (excludes halogenated alkanes) is 2. The summed E-state index contributed by atoms with van der Waals surface area (Å²) in [4.78, 5) is 12.9. The van der Waals surface area contributed by atoms with E-state index in [4.69, 9.17) is 0 Å². The highest BCUT2D eigenvalue weighted by atomic mass is 32.2. The molecule has 0 saturated heterocycles. The van der Waals surface area contributed by atoms with Crippen LogP contribution in [0.25, 0.3) is 0 Å². The molecule has 0 amide bonds. The number of thiophene rings is 1. The number of esters is 1. The summed E-state index contributed by atoms with van der Waals surface area (Å²) in [5.41, 5.74) is 0. The van der Waals surface area contributed by atoms with Crippen molar-refractivity contribution in [3.8, 4) is 0 Å². The van der Waals surface area contributed by atoms with Gasteiger partial charge in [-0.05, 0) is 62.1 Å². The van der Waals surface area contributed by atoms with Crippen LogP contribution in [-0.4, -0.2) is 27.7 Å². The Morgan fingerprint density at radius 3 is 2.39 bits per heavy atom. The van der Waals surface area contributed by atoms with Crippen molar-refractivity contribution in [2.75, 3.05) is 7.11 Å². The fourth-order valence-electron chi connectivity index (χ4n) is 3.20. The predicted molar refractivity (Wildman–Crippen MR) is 118 cm³/mol. The maximum absolute atomic E-state index is 13.2. The Bertz CT molecular complexity index is 989. The van der Waals surface area contributed by atoms with E-state index in [1.54, 1.807) is 6.07 Å². The molecule has 1 unspecified atom stereocenters. The summed E-state index contributed by atoms with van der Waals surface area (Å²) in [6, 6.07) is 7.41. The number of aryl methyl sites for hydroxylation is 1. The van der Waals surface area contributed by atoms with Crippen molar-refractivity contribution in [3.63, 3.8) is 0 Å². The van der Waals surface area contributed by atoms with Crippen molar-refractivity contribution in [2.24, 2.45) is 0 Å². The second kappa shape index (κ2) is 12.5. The Balaban J connectivity index is 2.08. The zero-order valence-corrected chi connectivity index (χ0v) is 19.8. The summed E-state index contributed by atoms with van der Waals surface area (Å²) in [6.45, 7) is 0. The molecule has 33 heavy (non-hydrogen) atoms. The predicted octanol–water partition coefficient (Wildman–Crippen LogP) is 5.92. The summed E-state index contributed by atoms with van der Waals surface area (Å²) >= 11 is 1.39. The Morgan fingerprint density at radius 1 is 1.06 bits per heavy atom. The van der Waals surface area contributed by atoms with Crippen LogP contribution in [0.4, 0.5) is 17.6 Å². The number of hydrogen-bond donors (Lipinski definition) is 1. The number of alkyl halides is 3. The number of ether oxygens (including phenoxy) is 1. The number of nitrogens with one attached hydrogen (secondary N) is 1. The quantitative estimate of drug-likeness (QED) is 0.207. The zero-order chi connectivity index (χ0) is 24.5. The second-order valence-electron chi connectivity index (χ2n) is 7.58. The van der Waals surface area contributed by atoms with Crippen LogP contribution in [0.5, 0.6) is 0 Å². The molecule has 0 saturated carbocycles. The van der Waals surface area contributed by atoms with Crippen LogP contribution in [0.2, 0.25) is 0 Å². The number of methoxy groups -OCH3 is 1. The van der Waals surface area contributed by atoms with E-state index in [1.165, 1.54) is 18.4 Å². The van der Waals surface area contributed by atoms with E-state index in [2.05, 4.69) is 9.46 Å².